The molecule has 5 heteroatoms. The van der Waals surface area contributed by atoms with E-state index in [0.29, 0.717) is 36.9 Å². The zero-order chi connectivity index (χ0) is 19.9. The summed E-state index contributed by atoms with van der Waals surface area (Å²) in [5.41, 5.74) is -0.275. The van der Waals surface area contributed by atoms with Crippen LogP contribution in [0.5, 0.6) is 0 Å². The van der Waals surface area contributed by atoms with Crippen LogP contribution in [0.2, 0.25) is 0 Å². The van der Waals surface area contributed by atoms with E-state index < -0.39 is 0 Å². The fraction of sp³-hybridized carbons (Fsp3) is 0.909. The third-order valence-electron chi connectivity index (χ3n) is 6.72. The lowest BCUT2D eigenvalue weighted by molar-refractivity contribution is -0.138. The van der Waals surface area contributed by atoms with E-state index in [4.69, 9.17) is 0 Å². The zero-order valence-electron chi connectivity index (χ0n) is 18.1. The minimum absolute atomic E-state index is 0.00889. The second-order valence-corrected chi connectivity index (χ2v) is 10.3. The molecule has 0 saturated carbocycles. The van der Waals surface area contributed by atoms with Crippen molar-refractivity contribution in [2.24, 2.45) is 23.7 Å². The van der Waals surface area contributed by atoms with E-state index in [1.807, 2.05) is 4.90 Å². The van der Waals surface area contributed by atoms with Gasteiger partial charge in [0, 0.05) is 25.7 Å². The van der Waals surface area contributed by atoms with Gasteiger partial charge in [0.15, 0.2) is 0 Å². The number of fused-ring (bicyclic) bond motifs is 1. The molecule has 0 radical (unpaired) electrons. The van der Waals surface area contributed by atoms with Crippen LogP contribution >= 0.6 is 0 Å². The highest BCUT2D eigenvalue weighted by Gasteiger charge is 2.71. The van der Waals surface area contributed by atoms with Gasteiger partial charge in [0.2, 0.25) is 11.8 Å². The Balaban J connectivity index is 1.90. The summed E-state index contributed by atoms with van der Waals surface area (Å²) >= 11 is 0. The Hall–Kier alpha value is -1.10. The van der Waals surface area contributed by atoms with Crippen LogP contribution in [-0.2, 0) is 9.59 Å². The molecule has 0 aromatic rings. The Morgan fingerprint density at radius 2 is 1.78 bits per heavy atom. The summed E-state index contributed by atoms with van der Waals surface area (Å²) < 4.78 is 0. The fourth-order valence-corrected chi connectivity index (χ4v) is 5.78. The van der Waals surface area contributed by atoms with Crippen molar-refractivity contribution in [3.05, 3.63) is 0 Å². The Kier molecular flexibility index (Phi) is 5.90. The van der Waals surface area contributed by atoms with E-state index in [0.717, 1.165) is 32.2 Å². The van der Waals surface area contributed by atoms with Crippen LogP contribution in [0.15, 0.2) is 0 Å². The van der Waals surface area contributed by atoms with Crippen LogP contribution in [0.4, 0.5) is 0 Å². The summed E-state index contributed by atoms with van der Waals surface area (Å²) in [5, 5.41) is 3.18. The molecule has 3 fully saturated rings. The number of nitrogens with one attached hydrogen (secondary N) is 1. The van der Waals surface area contributed by atoms with Crippen molar-refractivity contribution in [2.45, 2.75) is 84.8 Å². The van der Waals surface area contributed by atoms with Gasteiger partial charge in [-0.3, -0.25) is 14.5 Å². The lowest BCUT2D eigenvalue weighted by Crippen LogP contribution is -2.61. The van der Waals surface area contributed by atoms with Gasteiger partial charge in [0.1, 0.15) is 6.04 Å². The standard InChI is InChI=1S/C22H39N3O2/c1-14(2)8-10-23-20(26)19-22-9-7-17(25(22)13-16(5)6)11-18(22)21(27)24(19)12-15(3)4/h14-19H,7-13H2,1-6H3,(H,23,26)/t17?,18-,19+,22?/m1/s1. The number of carbonyl (C=O) groups is 2. The van der Waals surface area contributed by atoms with Crippen molar-refractivity contribution in [2.75, 3.05) is 19.6 Å². The minimum Gasteiger partial charge on any atom is -0.354 e. The predicted octanol–water partition coefficient (Wildman–Crippen LogP) is 2.89. The van der Waals surface area contributed by atoms with Gasteiger partial charge in [-0.2, -0.15) is 0 Å². The van der Waals surface area contributed by atoms with Gasteiger partial charge in [-0.1, -0.05) is 41.5 Å². The maximum absolute atomic E-state index is 13.4. The molecule has 2 amide bonds. The fourth-order valence-electron chi connectivity index (χ4n) is 5.78. The molecule has 3 aliphatic heterocycles. The molecule has 3 saturated heterocycles. The van der Waals surface area contributed by atoms with Gasteiger partial charge in [0.25, 0.3) is 0 Å². The highest BCUT2D eigenvalue weighted by atomic mass is 16.2. The van der Waals surface area contributed by atoms with Crippen molar-refractivity contribution < 1.29 is 9.59 Å². The first-order chi connectivity index (χ1) is 12.7. The Labute approximate surface area is 165 Å². The summed E-state index contributed by atoms with van der Waals surface area (Å²) in [6, 6.07) is 0.157. The van der Waals surface area contributed by atoms with Gasteiger partial charge < -0.3 is 10.2 Å². The molecule has 4 atom stereocenters. The summed E-state index contributed by atoms with van der Waals surface area (Å²) in [7, 11) is 0. The highest BCUT2D eigenvalue weighted by Crippen LogP contribution is 2.57. The largest absolute Gasteiger partial charge is 0.354 e. The smallest absolute Gasteiger partial charge is 0.244 e. The first kappa shape index (κ1) is 20.6. The average molecular weight is 378 g/mol. The second kappa shape index (κ2) is 7.73. The average Bonchev–Trinajstić information content (AvgIpc) is 3.12. The Morgan fingerprint density at radius 3 is 2.37 bits per heavy atom. The summed E-state index contributed by atoms with van der Waals surface area (Å²) in [6.07, 6.45) is 4.03. The number of rotatable bonds is 8. The molecule has 27 heavy (non-hydrogen) atoms. The molecule has 0 aliphatic carbocycles. The summed E-state index contributed by atoms with van der Waals surface area (Å²) in [4.78, 5) is 31.2. The van der Waals surface area contributed by atoms with Crippen LogP contribution in [0, 0.1) is 23.7 Å². The first-order valence-electron chi connectivity index (χ1n) is 11.0. The number of carbonyl (C=O) groups excluding carboxylic acids is 2. The number of nitrogens with zero attached hydrogens (tertiary/aromatic N) is 2. The van der Waals surface area contributed by atoms with Gasteiger partial charge in [-0.25, -0.2) is 0 Å². The molecular formula is C22H39N3O2. The van der Waals surface area contributed by atoms with Crippen LogP contribution in [0.3, 0.4) is 0 Å². The molecule has 3 rings (SSSR count). The molecule has 2 bridgehead atoms. The molecule has 1 spiro atoms. The molecule has 3 heterocycles. The molecule has 154 valence electrons. The van der Waals surface area contributed by atoms with Crippen LogP contribution in [0.25, 0.3) is 0 Å². The maximum atomic E-state index is 13.4. The van der Waals surface area contributed by atoms with E-state index in [-0.39, 0.29) is 29.3 Å². The van der Waals surface area contributed by atoms with E-state index >= 15 is 0 Å². The van der Waals surface area contributed by atoms with Gasteiger partial charge in [0.05, 0.1) is 11.5 Å². The monoisotopic (exact) mass is 377 g/mol. The van der Waals surface area contributed by atoms with Crippen LogP contribution in [0.1, 0.15) is 67.2 Å². The maximum Gasteiger partial charge on any atom is 0.244 e. The third kappa shape index (κ3) is 3.52. The Bertz CT molecular complexity index is 574. The van der Waals surface area contributed by atoms with Crippen molar-refractivity contribution in [1.82, 2.24) is 15.1 Å². The second-order valence-electron chi connectivity index (χ2n) is 10.3. The van der Waals surface area contributed by atoms with Crippen molar-refractivity contribution in [3.63, 3.8) is 0 Å². The van der Waals surface area contributed by atoms with Crippen LogP contribution in [-0.4, -0.2) is 58.9 Å². The third-order valence-corrected chi connectivity index (χ3v) is 6.72. The molecular weight excluding hydrogens is 338 g/mol. The number of likely N-dealkylation sites (tertiary alicyclic amines) is 1. The molecule has 0 aromatic carbocycles. The molecule has 0 aromatic heterocycles. The lowest BCUT2D eigenvalue weighted by atomic mass is 9.75. The van der Waals surface area contributed by atoms with E-state index in [1.165, 1.54) is 0 Å². The van der Waals surface area contributed by atoms with E-state index in [9.17, 15) is 9.59 Å². The quantitative estimate of drug-likeness (QED) is 0.708. The van der Waals surface area contributed by atoms with Crippen molar-refractivity contribution in [1.29, 1.82) is 0 Å². The Morgan fingerprint density at radius 1 is 1.11 bits per heavy atom. The molecule has 1 N–H and O–H groups in total. The normalized spacial score (nSPS) is 33.0. The first-order valence-corrected chi connectivity index (χ1v) is 11.0. The molecule has 5 nitrogen and oxygen atoms in total. The number of hydrogen-bond donors (Lipinski definition) is 1. The lowest BCUT2D eigenvalue weighted by Gasteiger charge is -2.41. The summed E-state index contributed by atoms with van der Waals surface area (Å²) in [6.45, 7) is 15.5. The van der Waals surface area contributed by atoms with Gasteiger partial charge in [-0.15, -0.1) is 0 Å². The molecule has 3 aliphatic rings. The van der Waals surface area contributed by atoms with Gasteiger partial charge in [-0.05, 0) is 43.4 Å². The van der Waals surface area contributed by atoms with Crippen molar-refractivity contribution >= 4 is 11.8 Å². The van der Waals surface area contributed by atoms with E-state index in [2.05, 4.69) is 51.8 Å². The number of amides is 2. The van der Waals surface area contributed by atoms with E-state index in [1.54, 1.807) is 0 Å². The minimum atomic E-state index is -0.323. The zero-order valence-corrected chi connectivity index (χ0v) is 18.1. The molecule has 2 unspecified atom stereocenters. The SMILES string of the molecule is CC(C)CCNC(=O)[C@@H]1N(CC(C)C)C(=O)[C@H]2CC3CCC21N3CC(C)C. The van der Waals surface area contributed by atoms with Crippen molar-refractivity contribution in [3.8, 4) is 0 Å². The predicted molar refractivity (Wildman–Crippen MR) is 108 cm³/mol. The topological polar surface area (TPSA) is 52.7 Å². The van der Waals surface area contributed by atoms with Crippen LogP contribution < -0.4 is 5.32 Å². The summed E-state index contributed by atoms with van der Waals surface area (Å²) in [5.74, 6) is 1.78. The number of hydrogen-bond acceptors (Lipinski definition) is 3. The van der Waals surface area contributed by atoms with Gasteiger partial charge >= 0.3 is 0 Å². The highest BCUT2D eigenvalue weighted by molar-refractivity contribution is 5.96.